The highest BCUT2D eigenvalue weighted by Crippen LogP contribution is 2.32. The lowest BCUT2D eigenvalue weighted by Crippen LogP contribution is -2.40. The van der Waals surface area contributed by atoms with Gasteiger partial charge in [0.2, 0.25) is 5.56 Å². The molecule has 0 amide bonds. The quantitative estimate of drug-likeness (QED) is 0.784. The van der Waals surface area contributed by atoms with E-state index in [9.17, 15) is 9.90 Å². The average Bonchev–Trinajstić information content (AvgIpc) is 2.77. The Kier molecular flexibility index (Phi) is 3.15. The molecule has 106 valence electrons. The zero-order chi connectivity index (χ0) is 14.3. The Morgan fingerprint density at radius 2 is 2.10 bits per heavy atom. The molecule has 4 heteroatoms. The summed E-state index contributed by atoms with van der Waals surface area (Å²) < 4.78 is 0. The minimum Gasteiger partial charge on any atom is -0.387 e. The first-order chi connectivity index (χ1) is 9.46. The van der Waals surface area contributed by atoms with E-state index in [1.807, 2.05) is 18.2 Å². The number of aromatic amines is 1. The van der Waals surface area contributed by atoms with E-state index in [0.717, 1.165) is 29.3 Å². The minimum absolute atomic E-state index is 0.0579. The summed E-state index contributed by atoms with van der Waals surface area (Å²) in [6.07, 6.45) is 1.44. The van der Waals surface area contributed by atoms with Crippen LogP contribution in [0.1, 0.15) is 38.4 Å². The maximum atomic E-state index is 11.4. The number of benzene rings is 1. The second-order valence-electron chi connectivity index (χ2n) is 6.25. The molecule has 3 N–H and O–H groups in total. The molecule has 1 aromatic carbocycles. The first-order valence-electron chi connectivity index (χ1n) is 7.04. The molecule has 2 heterocycles. The highest BCUT2D eigenvalue weighted by Gasteiger charge is 2.34. The number of aromatic nitrogens is 1. The summed E-state index contributed by atoms with van der Waals surface area (Å²) >= 11 is 0. The van der Waals surface area contributed by atoms with Crippen LogP contribution in [0.25, 0.3) is 10.9 Å². The van der Waals surface area contributed by atoms with Crippen molar-refractivity contribution in [2.75, 3.05) is 0 Å². The Labute approximate surface area is 117 Å². The average molecular weight is 272 g/mol. The van der Waals surface area contributed by atoms with E-state index in [2.05, 4.69) is 24.1 Å². The van der Waals surface area contributed by atoms with Crippen LogP contribution in [0.4, 0.5) is 0 Å². The minimum atomic E-state index is -0.564. The summed E-state index contributed by atoms with van der Waals surface area (Å²) in [6, 6.07) is 9.01. The molecule has 3 rings (SSSR count). The van der Waals surface area contributed by atoms with Gasteiger partial charge in [0.1, 0.15) is 0 Å². The van der Waals surface area contributed by atoms with Crippen LogP contribution < -0.4 is 10.9 Å². The molecule has 1 fully saturated rings. The van der Waals surface area contributed by atoms with Crippen LogP contribution in [0.3, 0.4) is 0 Å². The van der Waals surface area contributed by atoms with Crippen molar-refractivity contribution in [1.82, 2.24) is 10.3 Å². The highest BCUT2D eigenvalue weighted by atomic mass is 16.3. The van der Waals surface area contributed by atoms with Gasteiger partial charge in [-0.2, -0.15) is 0 Å². The number of hydrogen-bond acceptors (Lipinski definition) is 3. The standard InChI is InChI=1S/C16H20N2O2/c1-16(2)9-8-13(18-16)15(20)11-4-3-5-12-10(11)6-7-14(19)17-12/h3-7,13,15,18,20H,8-9H2,1-2H3,(H,17,19)/t13-,15+/m0/s1. The smallest absolute Gasteiger partial charge is 0.248 e. The molecule has 1 aliphatic heterocycles. The van der Waals surface area contributed by atoms with Gasteiger partial charge in [0.25, 0.3) is 0 Å². The molecule has 1 saturated heterocycles. The number of fused-ring (bicyclic) bond motifs is 1. The zero-order valence-electron chi connectivity index (χ0n) is 11.8. The molecule has 0 aliphatic carbocycles. The van der Waals surface area contributed by atoms with Crippen molar-refractivity contribution >= 4 is 10.9 Å². The Bertz CT molecular complexity index is 690. The van der Waals surface area contributed by atoms with E-state index >= 15 is 0 Å². The highest BCUT2D eigenvalue weighted by molar-refractivity contribution is 5.82. The van der Waals surface area contributed by atoms with Gasteiger partial charge in [0, 0.05) is 28.6 Å². The van der Waals surface area contributed by atoms with E-state index in [-0.39, 0.29) is 17.1 Å². The second kappa shape index (κ2) is 4.72. The van der Waals surface area contributed by atoms with Crippen molar-refractivity contribution in [2.45, 2.75) is 44.4 Å². The van der Waals surface area contributed by atoms with Crippen molar-refractivity contribution < 1.29 is 5.11 Å². The first kappa shape index (κ1) is 13.3. The maximum absolute atomic E-state index is 11.4. The third kappa shape index (κ3) is 2.37. The van der Waals surface area contributed by atoms with Crippen LogP contribution in [0, 0.1) is 0 Å². The molecule has 2 aromatic rings. The van der Waals surface area contributed by atoms with E-state index < -0.39 is 6.10 Å². The molecule has 20 heavy (non-hydrogen) atoms. The number of pyridine rings is 1. The molecular formula is C16H20N2O2. The van der Waals surface area contributed by atoms with Gasteiger partial charge < -0.3 is 15.4 Å². The van der Waals surface area contributed by atoms with Crippen LogP contribution >= 0.6 is 0 Å². The van der Waals surface area contributed by atoms with E-state index in [4.69, 9.17) is 0 Å². The summed E-state index contributed by atoms with van der Waals surface area (Å²) in [5, 5.41) is 15.1. The molecule has 0 unspecified atom stereocenters. The van der Waals surface area contributed by atoms with Crippen molar-refractivity contribution in [3.05, 3.63) is 46.2 Å². The summed E-state index contributed by atoms with van der Waals surface area (Å²) in [7, 11) is 0. The molecule has 1 aromatic heterocycles. The zero-order valence-corrected chi connectivity index (χ0v) is 11.8. The van der Waals surface area contributed by atoms with E-state index in [0.29, 0.717) is 0 Å². The number of nitrogens with one attached hydrogen (secondary N) is 2. The normalized spacial score (nSPS) is 23.1. The predicted molar refractivity (Wildman–Crippen MR) is 79.8 cm³/mol. The fourth-order valence-corrected chi connectivity index (χ4v) is 3.09. The Morgan fingerprint density at radius 1 is 1.30 bits per heavy atom. The second-order valence-corrected chi connectivity index (χ2v) is 6.25. The lowest BCUT2D eigenvalue weighted by Gasteiger charge is -2.24. The van der Waals surface area contributed by atoms with Crippen molar-refractivity contribution in [3.8, 4) is 0 Å². The van der Waals surface area contributed by atoms with Gasteiger partial charge in [0.15, 0.2) is 0 Å². The summed E-state index contributed by atoms with van der Waals surface area (Å²) in [5.41, 5.74) is 1.59. The van der Waals surface area contributed by atoms with Gasteiger partial charge in [-0.15, -0.1) is 0 Å². The van der Waals surface area contributed by atoms with Gasteiger partial charge in [-0.1, -0.05) is 12.1 Å². The monoisotopic (exact) mass is 272 g/mol. The van der Waals surface area contributed by atoms with Crippen LogP contribution in [0.15, 0.2) is 35.1 Å². The van der Waals surface area contributed by atoms with Gasteiger partial charge in [0.05, 0.1) is 6.10 Å². The molecule has 2 atom stereocenters. The van der Waals surface area contributed by atoms with Crippen molar-refractivity contribution in [1.29, 1.82) is 0 Å². The SMILES string of the molecule is CC1(C)CC[C@@H]([C@H](O)c2cccc3[nH]c(=O)ccc23)N1. The number of hydrogen-bond donors (Lipinski definition) is 3. The van der Waals surface area contributed by atoms with Crippen LogP contribution in [-0.2, 0) is 0 Å². The summed E-state index contributed by atoms with van der Waals surface area (Å²) in [4.78, 5) is 14.2. The van der Waals surface area contributed by atoms with Gasteiger partial charge >= 0.3 is 0 Å². The van der Waals surface area contributed by atoms with Crippen LogP contribution in [0.5, 0.6) is 0 Å². The van der Waals surface area contributed by atoms with Crippen LogP contribution in [-0.4, -0.2) is 21.7 Å². The van der Waals surface area contributed by atoms with Crippen LogP contribution in [0.2, 0.25) is 0 Å². The molecule has 0 bridgehead atoms. The molecular weight excluding hydrogens is 252 g/mol. The molecule has 1 aliphatic rings. The van der Waals surface area contributed by atoms with E-state index in [1.165, 1.54) is 6.07 Å². The fraction of sp³-hybridized carbons (Fsp3) is 0.438. The maximum Gasteiger partial charge on any atom is 0.248 e. The van der Waals surface area contributed by atoms with Crippen molar-refractivity contribution in [2.24, 2.45) is 0 Å². The lowest BCUT2D eigenvalue weighted by atomic mass is 9.97. The van der Waals surface area contributed by atoms with Gasteiger partial charge in [-0.3, -0.25) is 4.79 Å². The topological polar surface area (TPSA) is 65.1 Å². The lowest BCUT2D eigenvalue weighted by molar-refractivity contribution is 0.133. The summed E-state index contributed by atoms with van der Waals surface area (Å²) in [5.74, 6) is 0. The van der Waals surface area contributed by atoms with Gasteiger partial charge in [-0.25, -0.2) is 0 Å². The number of H-pyrrole nitrogens is 1. The van der Waals surface area contributed by atoms with Crippen molar-refractivity contribution in [3.63, 3.8) is 0 Å². The molecule has 4 nitrogen and oxygen atoms in total. The largest absolute Gasteiger partial charge is 0.387 e. The Balaban J connectivity index is 2.00. The molecule has 0 spiro atoms. The number of rotatable bonds is 2. The number of aliphatic hydroxyl groups excluding tert-OH is 1. The first-order valence-corrected chi connectivity index (χ1v) is 7.04. The third-order valence-corrected chi connectivity index (χ3v) is 4.16. The molecule has 0 saturated carbocycles. The molecule has 0 radical (unpaired) electrons. The third-order valence-electron chi connectivity index (χ3n) is 4.16. The predicted octanol–water partition coefficient (Wildman–Crippen LogP) is 2.09. The van der Waals surface area contributed by atoms with E-state index in [1.54, 1.807) is 6.07 Å². The Morgan fingerprint density at radius 3 is 2.80 bits per heavy atom. The number of aliphatic hydroxyl groups is 1. The fourth-order valence-electron chi connectivity index (χ4n) is 3.09. The summed E-state index contributed by atoms with van der Waals surface area (Å²) in [6.45, 7) is 4.31. The Hall–Kier alpha value is -1.65. The van der Waals surface area contributed by atoms with Gasteiger partial charge in [-0.05, 0) is 44.4 Å².